The number of rotatable bonds is 3. The molecule has 16 heavy (non-hydrogen) atoms. The van der Waals surface area contributed by atoms with Crippen molar-refractivity contribution in [2.75, 3.05) is 7.11 Å². The van der Waals surface area contributed by atoms with Crippen LogP contribution in [-0.2, 0) is 0 Å². The first-order chi connectivity index (χ1) is 7.78. The predicted molar refractivity (Wildman–Crippen MR) is 64.0 cm³/mol. The van der Waals surface area contributed by atoms with Gasteiger partial charge in [0.2, 0.25) is 0 Å². The highest BCUT2D eigenvalue weighted by atomic mass is 16.5. The molecule has 2 heteroatoms. The van der Waals surface area contributed by atoms with Gasteiger partial charge in [0, 0.05) is 0 Å². The predicted octanol–water partition coefficient (Wildman–Crippen LogP) is 3.67. The van der Waals surface area contributed by atoms with Gasteiger partial charge in [-0.25, -0.2) is 0 Å². The first-order valence-corrected chi connectivity index (χ1v) is 5.02. The monoisotopic (exact) mass is 213 g/mol. The van der Waals surface area contributed by atoms with Crippen molar-refractivity contribution in [3.05, 3.63) is 61.0 Å². The summed E-state index contributed by atoms with van der Waals surface area (Å²) in [4.78, 5) is 0. The van der Waals surface area contributed by atoms with E-state index in [2.05, 4.69) is 6.92 Å². The molecule has 0 aromatic heterocycles. The summed E-state index contributed by atoms with van der Waals surface area (Å²) in [6, 6.07) is 15.1. The van der Waals surface area contributed by atoms with E-state index >= 15 is 0 Å². The molecule has 2 aromatic carbocycles. The van der Waals surface area contributed by atoms with Crippen LogP contribution in [0, 0.1) is 6.92 Å². The Morgan fingerprint density at radius 1 is 0.875 bits per heavy atom. The molecule has 2 nitrogen and oxygen atoms in total. The molecule has 0 N–H and O–H groups in total. The molecule has 0 aliphatic carbocycles. The van der Waals surface area contributed by atoms with Crippen molar-refractivity contribution >= 4 is 0 Å². The molecule has 0 amide bonds. The van der Waals surface area contributed by atoms with Gasteiger partial charge in [-0.05, 0) is 48.9 Å². The summed E-state index contributed by atoms with van der Waals surface area (Å²) in [5, 5.41) is 0. The van der Waals surface area contributed by atoms with E-state index in [9.17, 15) is 0 Å². The molecular formula is C14H13O2. The summed E-state index contributed by atoms with van der Waals surface area (Å²) in [5.74, 6) is 2.39. The summed E-state index contributed by atoms with van der Waals surface area (Å²) in [5.41, 5.74) is 0.936. The molecule has 2 rings (SSSR count). The molecule has 0 atom stereocenters. The third kappa shape index (κ3) is 2.54. The van der Waals surface area contributed by atoms with Crippen molar-refractivity contribution in [3.8, 4) is 17.2 Å². The Morgan fingerprint density at radius 3 is 2.19 bits per heavy atom. The molecule has 0 spiro atoms. The Kier molecular flexibility index (Phi) is 3.10. The van der Waals surface area contributed by atoms with E-state index in [1.165, 1.54) is 0 Å². The first-order valence-electron chi connectivity index (χ1n) is 5.02. The Labute approximate surface area is 95.4 Å². The van der Waals surface area contributed by atoms with Crippen LogP contribution in [0.1, 0.15) is 5.56 Å². The average molecular weight is 213 g/mol. The number of hydrogen-bond acceptors (Lipinski definition) is 2. The minimum Gasteiger partial charge on any atom is -0.497 e. The summed E-state index contributed by atoms with van der Waals surface area (Å²) in [6.45, 7) is 3.85. The van der Waals surface area contributed by atoms with Gasteiger partial charge in [0.25, 0.3) is 0 Å². The van der Waals surface area contributed by atoms with Crippen molar-refractivity contribution in [2.45, 2.75) is 0 Å². The third-order valence-electron chi connectivity index (χ3n) is 2.19. The second-order valence-electron chi connectivity index (χ2n) is 3.42. The second-order valence-corrected chi connectivity index (χ2v) is 3.42. The Hall–Kier alpha value is -1.96. The van der Waals surface area contributed by atoms with E-state index in [0.717, 1.165) is 22.8 Å². The van der Waals surface area contributed by atoms with E-state index in [-0.39, 0.29) is 0 Å². The standard InChI is InChI=1S/C14H13O2/c1-11-4-3-5-14(10-11)16-13-8-6-12(15-2)7-9-13/h3-10H,1H2,2H3. The lowest BCUT2D eigenvalue weighted by Gasteiger charge is -2.06. The van der Waals surface area contributed by atoms with Crippen LogP contribution in [0.3, 0.4) is 0 Å². The summed E-state index contributed by atoms with van der Waals surface area (Å²) < 4.78 is 10.7. The summed E-state index contributed by atoms with van der Waals surface area (Å²) >= 11 is 0. The lowest BCUT2D eigenvalue weighted by atomic mass is 10.2. The van der Waals surface area contributed by atoms with Gasteiger partial charge in [0.05, 0.1) is 7.11 Å². The van der Waals surface area contributed by atoms with Crippen LogP contribution < -0.4 is 9.47 Å². The van der Waals surface area contributed by atoms with Crippen molar-refractivity contribution in [1.82, 2.24) is 0 Å². The number of hydrogen-bond donors (Lipinski definition) is 0. The van der Waals surface area contributed by atoms with Crippen molar-refractivity contribution in [2.24, 2.45) is 0 Å². The largest absolute Gasteiger partial charge is 0.497 e. The molecule has 81 valence electrons. The SMILES string of the molecule is [CH2]c1cccc(Oc2ccc(OC)cc2)c1. The maximum absolute atomic E-state index is 5.66. The number of benzene rings is 2. The normalized spacial score (nSPS) is 9.88. The van der Waals surface area contributed by atoms with Gasteiger partial charge in [-0.3, -0.25) is 0 Å². The fourth-order valence-corrected chi connectivity index (χ4v) is 1.39. The first kappa shape index (κ1) is 10.6. The molecular weight excluding hydrogens is 200 g/mol. The van der Waals surface area contributed by atoms with Crippen LogP contribution in [0.25, 0.3) is 0 Å². The molecule has 0 aliphatic heterocycles. The highest BCUT2D eigenvalue weighted by molar-refractivity contribution is 5.37. The minimum atomic E-state index is 0.784. The van der Waals surface area contributed by atoms with Crippen LogP contribution in [-0.4, -0.2) is 7.11 Å². The Balaban J connectivity index is 2.14. The molecule has 0 saturated heterocycles. The average Bonchev–Trinajstić information content (AvgIpc) is 2.30. The highest BCUT2D eigenvalue weighted by Gasteiger charge is 1.97. The lowest BCUT2D eigenvalue weighted by Crippen LogP contribution is -1.86. The third-order valence-corrected chi connectivity index (χ3v) is 2.19. The van der Waals surface area contributed by atoms with Gasteiger partial charge in [-0.15, -0.1) is 0 Å². The maximum Gasteiger partial charge on any atom is 0.127 e. The van der Waals surface area contributed by atoms with E-state index in [1.807, 2.05) is 48.5 Å². The summed E-state index contributed by atoms with van der Waals surface area (Å²) in [7, 11) is 1.64. The topological polar surface area (TPSA) is 18.5 Å². The van der Waals surface area contributed by atoms with Crippen molar-refractivity contribution in [3.63, 3.8) is 0 Å². The van der Waals surface area contributed by atoms with Crippen LogP contribution >= 0.6 is 0 Å². The van der Waals surface area contributed by atoms with E-state index < -0.39 is 0 Å². The number of ether oxygens (including phenoxy) is 2. The maximum atomic E-state index is 5.66. The van der Waals surface area contributed by atoms with E-state index in [0.29, 0.717) is 0 Å². The Bertz CT molecular complexity index is 460. The summed E-state index contributed by atoms with van der Waals surface area (Å²) in [6.07, 6.45) is 0. The highest BCUT2D eigenvalue weighted by Crippen LogP contribution is 2.24. The zero-order chi connectivity index (χ0) is 11.4. The second kappa shape index (κ2) is 4.71. The van der Waals surface area contributed by atoms with Crippen LogP contribution in [0.2, 0.25) is 0 Å². The van der Waals surface area contributed by atoms with Crippen molar-refractivity contribution in [1.29, 1.82) is 0 Å². The molecule has 0 unspecified atom stereocenters. The fraction of sp³-hybridized carbons (Fsp3) is 0.0714. The van der Waals surface area contributed by atoms with Gasteiger partial charge >= 0.3 is 0 Å². The molecule has 2 aromatic rings. The van der Waals surface area contributed by atoms with Crippen LogP contribution in [0.15, 0.2) is 48.5 Å². The van der Waals surface area contributed by atoms with E-state index in [1.54, 1.807) is 7.11 Å². The molecule has 0 bridgehead atoms. The minimum absolute atomic E-state index is 0.784. The van der Waals surface area contributed by atoms with Crippen LogP contribution in [0.5, 0.6) is 17.2 Å². The van der Waals surface area contributed by atoms with Gasteiger partial charge in [-0.1, -0.05) is 12.1 Å². The van der Waals surface area contributed by atoms with Gasteiger partial charge in [0.1, 0.15) is 17.2 Å². The fourth-order valence-electron chi connectivity index (χ4n) is 1.39. The van der Waals surface area contributed by atoms with Crippen LogP contribution in [0.4, 0.5) is 0 Å². The molecule has 0 aliphatic rings. The molecule has 0 saturated carbocycles. The smallest absolute Gasteiger partial charge is 0.127 e. The lowest BCUT2D eigenvalue weighted by molar-refractivity contribution is 0.413. The van der Waals surface area contributed by atoms with E-state index in [4.69, 9.17) is 9.47 Å². The van der Waals surface area contributed by atoms with Gasteiger partial charge < -0.3 is 9.47 Å². The van der Waals surface area contributed by atoms with Gasteiger partial charge in [-0.2, -0.15) is 0 Å². The van der Waals surface area contributed by atoms with Crippen molar-refractivity contribution < 1.29 is 9.47 Å². The molecule has 1 radical (unpaired) electrons. The number of methoxy groups -OCH3 is 1. The zero-order valence-electron chi connectivity index (χ0n) is 9.14. The molecule has 0 fully saturated rings. The molecule has 0 heterocycles. The Morgan fingerprint density at radius 2 is 1.56 bits per heavy atom. The zero-order valence-corrected chi connectivity index (χ0v) is 9.14. The van der Waals surface area contributed by atoms with Gasteiger partial charge in [0.15, 0.2) is 0 Å². The quantitative estimate of drug-likeness (QED) is 0.774.